The van der Waals surface area contributed by atoms with E-state index in [0.717, 1.165) is 38.0 Å². The summed E-state index contributed by atoms with van der Waals surface area (Å²) in [6.45, 7) is 2.77. The SMILES string of the molecule is CN(c1ncc(Cl)cn1)C1CCN(Cc2cccc(F)c2)CC1. The Morgan fingerprint density at radius 3 is 2.61 bits per heavy atom. The van der Waals surface area contributed by atoms with Crippen molar-refractivity contribution in [3.05, 3.63) is 53.1 Å². The third-order valence-electron chi connectivity index (χ3n) is 4.32. The van der Waals surface area contributed by atoms with Gasteiger partial charge in [0.25, 0.3) is 0 Å². The second-order valence-electron chi connectivity index (χ2n) is 5.95. The number of benzene rings is 1. The lowest BCUT2D eigenvalue weighted by molar-refractivity contribution is 0.202. The first kappa shape index (κ1) is 16.1. The summed E-state index contributed by atoms with van der Waals surface area (Å²) in [6.07, 6.45) is 5.33. The van der Waals surface area contributed by atoms with Crippen molar-refractivity contribution in [1.82, 2.24) is 14.9 Å². The van der Waals surface area contributed by atoms with Gasteiger partial charge in [0, 0.05) is 32.7 Å². The first-order valence-corrected chi connectivity index (χ1v) is 8.17. The molecule has 0 N–H and O–H groups in total. The molecule has 0 bridgehead atoms. The molecule has 2 heterocycles. The summed E-state index contributed by atoms with van der Waals surface area (Å²) in [7, 11) is 2.02. The van der Waals surface area contributed by atoms with E-state index in [9.17, 15) is 4.39 Å². The summed E-state index contributed by atoms with van der Waals surface area (Å²) in [5.41, 5.74) is 1.03. The number of aromatic nitrogens is 2. The third kappa shape index (κ3) is 4.18. The van der Waals surface area contributed by atoms with Crippen molar-refractivity contribution in [3.8, 4) is 0 Å². The number of hydrogen-bond acceptors (Lipinski definition) is 4. The molecular weight excluding hydrogens is 315 g/mol. The maximum atomic E-state index is 13.3. The minimum absolute atomic E-state index is 0.169. The number of hydrogen-bond donors (Lipinski definition) is 0. The highest BCUT2D eigenvalue weighted by Crippen LogP contribution is 2.21. The van der Waals surface area contributed by atoms with Crippen LogP contribution in [0.25, 0.3) is 0 Å². The maximum Gasteiger partial charge on any atom is 0.225 e. The van der Waals surface area contributed by atoms with Crippen LogP contribution in [0.5, 0.6) is 0 Å². The molecule has 0 saturated carbocycles. The Morgan fingerprint density at radius 1 is 1.26 bits per heavy atom. The van der Waals surface area contributed by atoms with E-state index in [4.69, 9.17) is 11.6 Å². The summed E-state index contributed by atoms with van der Waals surface area (Å²) >= 11 is 5.83. The average Bonchev–Trinajstić information content (AvgIpc) is 2.56. The van der Waals surface area contributed by atoms with Gasteiger partial charge in [-0.05, 0) is 30.5 Å². The molecule has 1 aromatic carbocycles. The van der Waals surface area contributed by atoms with Crippen LogP contribution in [-0.2, 0) is 6.54 Å². The summed E-state index contributed by atoms with van der Waals surface area (Å²) in [5, 5.41) is 0.548. The summed E-state index contributed by atoms with van der Waals surface area (Å²) in [5.74, 6) is 0.537. The average molecular weight is 335 g/mol. The van der Waals surface area contributed by atoms with Gasteiger partial charge in [-0.3, -0.25) is 4.90 Å². The van der Waals surface area contributed by atoms with Gasteiger partial charge in [-0.1, -0.05) is 23.7 Å². The van der Waals surface area contributed by atoms with Gasteiger partial charge in [0.15, 0.2) is 0 Å². The van der Waals surface area contributed by atoms with Crippen molar-refractivity contribution in [2.24, 2.45) is 0 Å². The van der Waals surface area contributed by atoms with E-state index in [1.165, 1.54) is 6.07 Å². The smallest absolute Gasteiger partial charge is 0.225 e. The molecule has 1 saturated heterocycles. The van der Waals surface area contributed by atoms with Crippen molar-refractivity contribution < 1.29 is 4.39 Å². The van der Waals surface area contributed by atoms with E-state index in [0.29, 0.717) is 17.0 Å². The number of rotatable bonds is 4. The molecule has 0 atom stereocenters. The molecular formula is C17H20ClFN4. The second-order valence-corrected chi connectivity index (χ2v) is 6.39. The lowest BCUT2D eigenvalue weighted by Gasteiger charge is -2.36. The van der Waals surface area contributed by atoms with Crippen LogP contribution in [0.2, 0.25) is 5.02 Å². The highest BCUT2D eigenvalue weighted by Gasteiger charge is 2.23. The summed E-state index contributed by atoms with van der Waals surface area (Å²) in [6, 6.07) is 7.25. The van der Waals surface area contributed by atoms with Crippen LogP contribution in [0.15, 0.2) is 36.7 Å². The minimum atomic E-state index is -0.169. The number of piperidine rings is 1. The Hall–Kier alpha value is -1.72. The monoisotopic (exact) mass is 334 g/mol. The van der Waals surface area contributed by atoms with Gasteiger partial charge in [0.2, 0.25) is 5.95 Å². The van der Waals surface area contributed by atoms with Gasteiger partial charge in [-0.25, -0.2) is 14.4 Å². The Morgan fingerprint density at radius 2 is 1.96 bits per heavy atom. The molecule has 6 heteroatoms. The largest absolute Gasteiger partial charge is 0.341 e. The van der Waals surface area contributed by atoms with Gasteiger partial charge >= 0.3 is 0 Å². The van der Waals surface area contributed by atoms with Crippen LogP contribution in [0, 0.1) is 5.82 Å². The fraction of sp³-hybridized carbons (Fsp3) is 0.412. The molecule has 0 aliphatic carbocycles. The van der Waals surface area contributed by atoms with Crippen LogP contribution in [0.1, 0.15) is 18.4 Å². The Kier molecular flexibility index (Phi) is 5.08. The zero-order chi connectivity index (χ0) is 16.2. The Labute approximate surface area is 140 Å². The van der Waals surface area contributed by atoms with Crippen molar-refractivity contribution in [3.63, 3.8) is 0 Å². The number of nitrogens with zero attached hydrogens (tertiary/aromatic N) is 4. The van der Waals surface area contributed by atoms with E-state index >= 15 is 0 Å². The van der Waals surface area contributed by atoms with Gasteiger partial charge < -0.3 is 4.90 Å². The molecule has 1 aliphatic rings. The molecule has 2 aromatic rings. The molecule has 122 valence electrons. The Bertz CT molecular complexity index is 641. The van der Waals surface area contributed by atoms with Crippen LogP contribution in [0.3, 0.4) is 0 Å². The van der Waals surface area contributed by atoms with Gasteiger partial charge in [0.05, 0.1) is 17.4 Å². The van der Waals surface area contributed by atoms with Crippen LogP contribution in [0.4, 0.5) is 10.3 Å². The Balaban J connectivity index is 1.54. The molecule has 1 aromatic heterocycles. The number of likely N-dealkylation sites (tertiary alicyclic amines) is 1. The highest BCUT2D eigenvalue weighted by molar-refractivity contribution is 6.30. The van der Waals surface area contributed by atoms with E-state index in [-0.39, 0.29) is 5.82 Å². The van der Waals surface area contributed by atoms with Crippen molar-refractivity contribution in [1.29, 1.82) is 0 Å². The first-order valence-electron chi connectivity index (χ1n) is 7.79. The zero-order valence-electron chi connectivity index (χ0n) is 13.1. The molecule has 4 nitrogen and oxygen atoms in total. The normalized spacial score (nSPS) is 16.5. The van der Waals surface area contributed by atoms with Crippen molar-refractivity contribution in [2.45, 2.75) is 25.4 Å². The minimum Gasteiger partial charge on any atom is -0.341 e. The van der Waals surface area contributed by atoms with Crippen molar-refractivity contribution in [2.75, 3.05) is 25.0 Å². The molecule has 1 aliphatic heterocycles. The van der Waals surface area contributed by atoms with E-state index in [1.54, 1.807) is 24.5 Å². The number of halogens is 2. The quantitative estimate of drug-likeness (QED) is 0.858. The lowest BCUT2D eigenvalue weighted by Crippen LogP contribution is -2.43. The molecule has 3 rings (SSSR count). The van der Waals surface area contributed by atoms with Gasteiger partial charge in [-0.2, -0.15) is 0 Å². The fourth-order valence-electron chi connectivity index (χ4n) is 3.01. The fourth-order valence-corrected chi connectivity index (χ4v) is 3.11. The van der Waals surface area contributed by atoms with Crippen molar-refractivity contribution >= 4 is 17.5 Å². The molecule has 0 unspecified atom stereocenters. The van der Waals surface area contributed by atoms with Crippen LogP contribution < -0.4 is 4.90 Å². The zero-order valence-corrected chi connectivity index (χ0v) is 13.9. The van der Waals surface area contributed by atoms with Gasteiger partial charge in [0.1, 0.15) is 5.82 Å². The molecule has 1 fully saturated rings. The predicted molar refractivity (Wildman–Crippen MR) is 90.1 cm³/mol. The van der Waals surface area contributed by atoms with Gasteiger partial charge in [-0.15, -0.1) is 0 Å². The molecule has 0 amide bonds. The van der Waals surface area contributed by atoms with Crippen LogP contribution in [-0.4, -0.2) is 41.0 Å². The highest BCUT2D eigenvalue weighted by atomic mass is 35.5. The molecule has 0 radical (unpaired) electrons. The standard InChI is InChI=1S/C17H20ClFN4/c1-22(17-20-10-14(18)11-21-17)16-5-7-23(8-6-16)12-13-3-2-4-15(19)9-13/h2-4,9-11,16H,5-8,12H2,1H3. The predicted octanol–water partition coefficient (Wildman–Crippen LogP) is 3.37. The molecule has 0 spiro atoms. The van der Waals surface area contributed by atoms with E-state index in [1.807, 2.05) is 13.1 Å². The summed E-state index contributed by atoms with van der Waals surface area (Å²) in [4.78, 5) is 13.0. The second kappa shape index (κ2) is 7.23. The molecule has 23 heavy (non-hydrogen) atoms. The maximum absolute atomic E-state index is 13.3. The van der Waals surface area contributed by atoms with Crippen LogP contribution >= 0.6 is 11.6 Å². The first-order chi connectivity index (χ1) is 11.1. The lowest BCUT2D eigenvalue weighted by atomic mass is 10.0. The topological polar surface area (TPSA) is 32.3 Å². The van der Waals surface area contributed by atoms with E-state index < -0.39 is 0 Å². The number of anilines is 1. The third-order valence-corrected chi connectivity index (χ3v) is 4.52. The van der Waals surface area contributed by atoms with E-state index in [2.05, 4.69) is 19.8 Å². The summed E-state index contributed by atoms with van der Waals surface area (Å²) < 4.78 is 13.3.